The van der Waals surface area contributed by atoms with Gasteiger partial charge in [-0.25, -0.2) is 0 Å². The molecule has 0 saturated carbocycles. The van der Waals surface area contributed by atoms with Crippen molar-refractivity contribution in [1.29, 1.82) is 0 Å². The fourth-order valence-corrected chi connectivity index (χ4v) is 3.01. The van der Waals surface area contributed by atoms with Crippen LogP contribution < -0.4 is 0 Å². The lowest BCUT2D eigenvalue weighted by atomic mass is 10.2. The van der Waals surface area contributed by atoms with Gasteiger partial charge in [0, 0.05) is 51.2 Å². The van der Waals surface area contributed by atoms with E-state index in [2.05, 4.69) is 20.1 Å². The Morgan fingerprint density at radius 1 is 1.16 bits per heavy atom. The van der Waals surface area contributed by atoms with Crippen molar-refractivity contribution in [2.24, 2.45) is 0 Å². The van der Waals surface area contributed by atoms with Crippen molar-refractivity contribution in [3.05, 3.63) is 60.2 Å². The van der Waals surface area contributed by atoms with Gasteiger partial charge in [0.2, 0.25) is 0 Å². The van der Waals surface area contributed by atoms with Gasteiger partial charge < -0.3 is 9.32 Å². The molecule has 0 spiro atoms. The first-order chi connectivity index (χ1) is 12.3. The topological polar surface area (TPSA) is 78.3 Å². The van der Waals surface area contributed by atoms with Gasteiger partial charge in [-0.15, -0.1) is 0 Å². The molecule has 0 aromatic carbocycles. The second-order valence-electron chi connectivity index (χ2n) is 6.07. The quantitative estimate of drug-likeness (QED) is 0.788. The molecule has 0 unspecified atom stereocenters. The zero-order valence-corrected chi connectivity index (χ0v) is 13.8. The Balaban J connectivity index is 1.35. The summed E-state index contributed by atoms with van der Waals surface area (Å²) < 4.78 is 5.32. The average molecular weight is 337 g/mol. The van der Waals surface area contributed by atoms with E-state index >= 15 is 0 Å². The number of rotatable bonds is 4. The molecule has 1 saturated heterocycles. The zero-order valence-electron chi connectivity index (χ0n) is 13.8. The molecule has 0 bridgehead atoms. The minimum absolute atomic E-state index is 0.0439. The van der Waals surface area contributed by atoms with E-state index in [1.165, 1.54) is 5.56 Å². The van der Waals surface area contributed by atoms with Gasteiger partial charge in [-0.1, -0.05) is 0 Å². The number of carbonyl (C=O) groups excluding carboxylic acids is 1. The molecule has 7 heteroatoms. The lowest BCUT2D eigenvalue weighted by molar-refractivity contribution is 0.0622. The summed E-state index contributed by atoms with van der Waals surface area (Å²) in [6.45, 7) is 3.99. The van der Waals surface area contributed by atoms with Crippen LogP contribution in [0.3, 0.4) is 0 Å². The third kappa shape index (κ3) is 3.46. The summed E-state index contributed by atoms with van der Waals surface area (Å²) in [6, 6.07) is 9.43. The normalized spacial score (nSPS) is 15.4. The first kappa shape index (κ1) is 15.6. The average Bonchev–Trinajstić information content (AvgIpc) is 3.34. The van der Waals surface area contributed by atoms with E-state index in [0.29, 0.717) is 30.2 Å². The Morgan fingerprint density at radius 2 is 1.96 bits per heavy atom. The van der Waals surface area contributed by atoms with Gasteiger partial charge in [0.1, 0.15) is 5.69 Å². The standard InChI is InChI=1S/C18H19N5O2/c24-18(16-12-15(20-21-16)17-2-1-11-25-17)23-9-7-22(8-10-23)13-14-3-5-19-6-4-14/h1-6,11-12H,7-10,13H2,(H,20,21). The van der Waals surface area contributed by atoms with Gasteiger partial charge in [-0.05, 0) is 29.8 Å². The van der Waals surface area contributed by atoms with Crippen LogP contribution in [0.5, 0.6) is 0 Å². The summed E-state index contributed by atoms with van der Waals surface area (Å²) in [5.74, 6) is 0.631. The number of nitrogens with zero attached hydrogens (tertiary/aromatic N) is 4. The lowest BCUT2D eigenvalue weighted by Crippen LogP contribution is -2.48. The molecule has 1 N–H and O–H groups in total. The van der Waals surface area contributed by atoms with Gasteiger partial charge in [-0.2, -0.15) is 5.10 Å². The molecular formula is C18H19N5O2. The van der Waals surface area contributed by atoms with E-state index in [1.54, 1.807) is 18.4 Å². The first-order valence-electron chi connectivity index (χ1n) is 8.29. The molecular weight excluding hydrogens is 318 g/mol. The number of furan rings is 1. The molecule has 1 aliphatic heterocycles. The number of aromatic nitrogens is 3. The zero-order chi connectivity index (χ0) is 17.1. The summed E-state index contributed by atoms with van der Waals surface area (Å²) >= 11 is 0. The highest BCUT2D eigenvalue weighted by Gasteiger charge is 2.24. The highest BCUT2D eigenvalue weighted by molar-refractivity contribution is 5.93. The van der Waals surface area contributed by atoms with Crippen LogP contribution in [-0.2, 0) is 6.54 Å². The number of piperazine rings is 1. The fourth-order valence-electron chi connectivity index (χ4n) is 3.01. The second-order valence-corrected chi connectivity index (χ2v) is 6.07. The number of aromatic amines is 1. The van der Waals surface area contributed by atoms with E-state index < -0.39 is 0 Å². The Kier molecular flexibility index (Phi) is 4.30. The highest BCUT2D eigenvalue weighted by Crippen LogP contribution is 2.19. The number of amides is 1. The minimum atomic E-state index is -0.0439. The van der Waals surface area contributed by atoms with Gasteiger partial charge >= 0.3 is 0 Å². The van der Waals surface area contributed by atoms with Crippen LogP contribution >= 0.6 is 0 Å². The number of hydrogen-bond donors (Lipinski definition) is 1. The van der Waals surface area contributed by atoms with Crippen molar-refractivity contribution in [2.75, 3.05) is 26.2 Å². The van der Waals surface area contributed by atoms with Crippen molar-refractivity contribution in [2.45, 2.75) is 6.54 Å². The van der Waals surface area contributed by atoms with Crippen LogP contribution in [0.1, 0.15) is 16.1 Å². The Bertz CT molecular complexity index is 820. The Labute approximate surface area is 145 Å². The van der Waals surface area contributed by atoms with E-state index in [0.717, 1.165) is 19.6 Å². The van der Waals surface area contributed by atoms with Gasteiger partial charge in [0.15, 0.2) is 11.5 Å². The maximum Gasteiger partial charge on any atom is 0.274 e. The van der Waals surface area contributed by atoms with E-state index in [9.17, 15) is 4.79 Å². The molecule has 0 radical (unpaired) electrons. The lowest BCUT2D eigenvalue weighted by Gasteiger charge is -2.34. The SMILES string of the molecule is O=C(c1cc(-c2ccco2)[nH]n1)N1CCN(Cc2ccncc2)CC1. The summed E-state index contributed by atoms with van der Waals surface area (Å²) in [5, 5.41) is 7.00. The summed E-state index contributed by atoms with van der Waals surface area (Å²) in [6.07, 6.45) is 5.21. The fraction of sp³-hybridized carbons (Fsp3) is 0.278. The first-order valence-corrected chi connectivity index (χ1v) is 8.29. The van der Waals surface area contributed by atoms with Gasteiger partial charge in [0.05, 0.1) is 6.26 Å². The van der Waals surface area contributed by atoms with Crippen molar-refractivity contribution >= 4 is 5.91 Å². The number of H-pyrrole nitrogens is 1. The molecule has 1 aliphatic rings. The molecule has 4 heterocycles. The molecule has 25 heavy (non-hydrogen) atoms. The van der Waals surface area contributed by atoms with Gasteiger partial charge in [-0.3, -0.25) is 19.8 Å². The van der Waals surface area contributed by atoms with Crippen LogP contribution in [-0.4, -0.2) is 57.1 Å². The molecule has 7 nitrogen and oxygen atoms in total. The number of pyridine rings is 1. The summed E-state index contributed by atoms with van der Waals surface area (Å²) in [7, 11) is 0. The maximum atomic E-state index is 12.6. The number of nitrogens with one attached hydrogen (secondary N) is 1. The maximum absolute atomic E-state index is 12.6. The summed E-state index contributed by atoms with van der Waals surface area (Å²) in [4.78, 5) is 20.9. The number of hydrogen-bond acceptors (Lipinski definition) is 5. The molecule has 1 fully saturated rings. The Morgan fingerprint density at radius 3 is 2.68 bits per heavy atom. The molecule has 0 atom stereocenters. The van der Waals surface area contributed by atoms with Crippen LogP contribution in [0.4, 0.5) is 0 Å². The summed E-state index contributed by atoms with van der Waals surface area (Å²) in [5.41, 5.74) is 2.38. The monoisotopic (exact) mass is 337 g/mol. The smallest absolute Gasteiger partial charge is 0.274 e. The van der Waals surface area contributed by atoms with Crippen LogP contribution in [0, 0.1) is 0 Å². The third-order valence-corrected chi connectivity index (χ3v) is 4.40. The van der Waals surface area contributed by atoms with Crippen molar-refractivity contribution in [3.63, 3.8) is 0 Å². The van der Waals surface area contributed by atoms with E-state index in [-0.39, 0.29) is 5.91 Å². The predicted octanol–water partition coefficient (Wildman–Crippen LogP) is 2.02. The molecule has 128 valence electrons. The molecule has 1 amide bonds. The van der Waals surface area contributed by atoms with Crippen LogP contribution in [0.2, 0.25) is 0 Å². The highest BCUT2D eigenvalue weighted by atomic mass is 16.3. The van der Waals surface area contributed by atoms with Crippen molar-refractivity contribution in [1.82, 2.24) is 25.0 Å². The van der Waals surface area contributed by atoms with Crippen molar-refractivity contribution in [3.8, 4) is 11.5 Å². The largest absolute Gasteiger partial charge is 0.463 e. The number of carbonyl (C=O) groups is 1. The van der Waals surface area contributed by atoms with Gasteiger partial charge in [0.25, 0.3) is 5.91 Å². The molecule has 3 aromatic heterocycles. The Hall–Kier alpha value is -2.93. The van der Waals surface area contributed by atoms with Crippen molar-refractivity contribution < 1.29 is 9.21 Å². The minimum Gasteiger partial charge on any atom is -0.463 e. The second kappa shape index (κ2) is 6.90. The molecule has 3 aromatic rings. The molecule has 4 rings (SSSR count). The third-order valence-electron chi connectivity index (χ3n) is 4.40. The molecule has 0 aliphatic carbocycles. The van der Waals surface area contributed by atoms with Crippen LogP contribution in [0.15, 0.2) is 53.4 Å². The predicted molar refractivity (Wildman–Crippen MR) is 91.7 cm³/mol. The van der Waals surface area contributed by atoms with E-state index in [4.69, 9.17) is 4.42 Å². The van der Waals surface area contributed by atoms with Crippen LogP contribution in [0.25, 0.3) is 11.5 Å². The van der Waals surface area contributed by atoms with E-state index in [1.807, 2.05) is 35.5 Å².